The van der Waals surface area contributed by atoms with E-state index in [0.717, 1.165) is 6.42 Å². The van der Waals surface area contributed by atoms with Crippen LogP contribution in [0, 0.1) is 11.8 Å². The van der Waals surface area contributed by atoms with Crippen LogP contribution in [-0.2, 0) is 14.4 Å². The average Bonchev–Trinajstić information content (AvgIpc) is 2.87. The summed E-state index contributed by atoms with van der Waals surface area (Å²) in [6.45, 7) is 3.98. The van der Waals surface area contributed by atoms with Gasteiger partial charge in [-0.05, 0) is 55.3 Å². The smallest absolute Gasteiger partial charge is 0.235 e. The molecule has 4 atom stereocenters. The van der Waals surface area contributed by atoms with Gasteiger partial charge in [-0.15, -0.1) is 0 Å². The van der Waals surface area contributed by atoms with Crippen molar-refractivity contribution >= 4 is 29.0 Å². The van der Waals surface area contributed by atoms with Crippen LogP contribution in [-0.4, -0.2) is 34.9 Å². The van der Waals surface area contributed by atoms with E-state index in [1.165, 1.54) is 6.92 Å². The minimum Gasteiger partial charge on any atom is -0.494 e. The van der Waals surface area contributed by atoms with E-state index in [1.807, 2.05) is 19.1 Å². The first-order chi connectivity index (χ1) is 17.8. The number of hydrogen-bond acceptors (Lipinski definition) is 5. The number of Topliss-reactive ketones (excluding diaryl/α,β-unsaturated/α-hetero) is 1. The fourth-order valence-electron chi connectivity index (χ4n) is 5.01. The highest BCUT2D eigenvalue weighted by Crippen LogP contribution is 2.47. The molecule has 1 saturated carbocycles. The van der Waals surface area contributed by atoms with E-state index in [1.54, 1.807) is 72.8 Å². The minimum absolute atomic E-state index is 0.324. The third-order valence-electron chi connectivity index (χ3n) is 6.63. The first-order valence-corrected chi connectivity index (χ1v) is 12.5. The van der Waals surface area contributed by atoms with Crippen molar-refractivity contribution in [1.82, 2.24) is 0 Å². The van der Waals surface area contributed by atoms with Crippen LogP contribution < -0.4 is 15.4 Å². The van der Waals surface area contributed by atoms with Crippen molar-refractivity contribution in [3.8, 4) is 5.75 Å². The van der Waals surface area contributed by atoms with Crippen molar-refractivity contribution in [1.29, 1.82) is 0 Å². The van der Waals surface area contributed by atoms with E-state index < -0.39 is 41.0 Å². The summed E-state index contributed by atoms with van der Waals surface area (Å²) < 4.78 is 5.80. The molecule has 0 aromatic heterocycles. The zero-order chi connectivity index (χ0) is 26.4. The first-order valence-electron chi connectivity index (χ1n) is 12.5. The molecule has 1 aliphatic carbocycles. The molecule has 192 valence electrons. The highest BCUT2D eigenvalue weighted by molar-refractivity contribution is 6.10. The molecular weight excluding hydrogens is 468 g/mol. The van der Waals surface area contributed by atoms with E-state index >= 15 is 0 Å². The molecule has 0 radical (unpaired) electrons. The lowest BCUT2D eigenvalue weighted by molar-refractivity contribution is -0.150. The number of hydrogen-bond donors (Lipinski definition) is 3. The van der Waals surface area contributed by atoms with Gasteiger partial charge in [0.15, 0.2) is 0 Å². The summed E-state index contributed by atoms with van der Waals surface area (Å²) in [5.41, 5.74) is -0.000874. The number of para-hydroxylation sites is 2. The van der Waals surface area contributed by atoms with E-state index in [2.05, 4.69) is 10.6 Å². The van der Waals surface area contributed by atoms with Crippen molar-refractivity contribution in [3.05, 3.63) is 90.5 Å². The number of ether oxygens (including phenoxy) is 1. The largest absolute Gasteiger partial charge is 0.494 e. The Bertz CT molecular complexity index is 1240. The van der Waals surface area contributed by atoms with E-state index in [4.69, 9.17) is 4.74 Å². The second-order valence-corrected chi connectivity index (χ2v) is 9.61. The number of amides is 2. The first kappa shape index (κ1) is 26.1. The van der Waals surface area contributed by atoms with Gasteiger partial charge in [-0.25, -0.2) is 0 Å². The van der Waals surface area contributed by atoms with E-state index in [-0.39, 0.29) is 6.42 Å². The molecule has 1 fully saturated rings. The van der Waals surface area contributed by atoms with Gasteiger partial charge in [0.05, 0.1) is 18.1 Å². The maximum atomic E-state index is 13.7. The van der Waals surface area contributed by atoms with Gasteiger partial charge in [0, 0.05) is 23.7 Å². The summed E-state index contributed by atoms with van der Waals surface area (Å²) >= 11 is 0. The average molecular weight is 501 g/mol. The summed E-state index contributed by atoms with van der Waals surface area (Å²) in [6, 6.07) is 24.8. The van der Waals surface area contributed by atoms with Crippen LogP contribution in [0.4, 0.5) is 11.4 Å². The van der Waals surface area contributed by atoms with Crippen LogP contribution in [0.3, 0.4) is 0 Å². The number of benzene rings is 3. The second kappa shape index (κ2) is 11.4. The van der Waals surface area contributed by atoms with Crippen LogP contribution in [0.15, 0.2) is 84.9 Å². The lowest BCUT2D eigenvalue weighted by Crippen LogP contribution is -2.56. The maximum absolute atomic E-state index is 13.7. The Labute approximate surface area is 216 Å². The van der Waals surface area contributed by atoms with Crippen molar-refractivity contribution in [3.63, 3.8) is 0 Å². The molecule has 0 spiro atoms. The molecular formula is C30H32N2O5. The molecule has 7 nitrogen and oxygen atoms in total. The van der Waals surface area contributed by atoms with Gasteiger partial charge in [0.2, 0.25) is 11.8 Å². The Morgan fingerprint density at radius 2 is 1.51 bits per heavy atom. The number of anilines is 2. The van der Waals surface area contributed by atoms with Gasteiger partial charge in [0.1, 0.15) is 17.5 Å². The number of nitrogens with one attached hydrogen (secondary N) is 2. The van der Waals surface area contributed by atoms with Crippen molar-refractivity contribution in [2.45, 2.75) is 38.2 Å². The SMILES string of the molecule is CCCOc1cccc(C2C(C(=O)Nc3ccccc3)C(=O)CC(C)(O)C2C(=O)Nc2ccccc2)c1. The molecule has 3 aromatic rings. The molecule has 7 heteroatoms. The second-order valence-electron chi connectivity index (χ2n) is 9.61. The number of ketones is 1. The van der Waals surface area contributed by atoms with Crippen molar-refractivity contribution in [2.75, 3.05) is 17.2 Å². The summed E-state index contributed by atoms with van der Waals surface area (Å²) in [4.78, 5) is 40.7. The fourth-order valence-corrected chi connectivity index (χ4v) is 5.01. The van der Waals surface area contributed by atoms with Gasteiger partial charge in [-0.2, -0.15) is 0 Å². The molecule has 0 aliphatic heterocycles. The zero-order valence-electron chi connectivity index (χ0n) is 21.0. The Kier molecular flexibility index (Phi) is 8.04. The number of carbonyl (C=O) groups is 3. The zero-order valence-corrected chi connectivity index (χ0v) is 21.0. The normalized spacial score (nSPS) is 23.2. The van der Waals surface area contributed by atoms with Crippen molar-refractivity contribution in [2.24, 2.45) is 11.8 Å². The summed E-state index contributed by atoms with van der Waals surface area (Å²) in [5, 5.41) is 17.1. The molecule has 37 heavy (non-hydrogen) atoms. The van der Waals surface area contributed by atoms with Gasteiger partial charge in [-0.1, -0.05) is 55.5 Å². The van der Waals surface area contributed by atoms with Crippen LogP contribution in [0.5, 0.6) is 5.75 Å². The molecule has 0 heterocycles. The van der Waals surface area contributed by atoms with E-state index in [0.29, 0.717) is 29.3 Å². The highest BCUT2D eigenvalue weighted by Gasteiger charge is 2.56. The highest BCUT2D eigenvalue weighted by atomic mass is 16.5. The van der Waals surface area contributed by atoms with Crippen molar-refractivity contribution < 1.29 is 24.2 Å². The summed E-state index contributed by atoms with van der Waals surface area (Å²) in [7, 11) is 0. The Morgan fingerprint density at radius 3 is 2.11 bits per heavy atom. The lowest BCUT2D eigenvalue weighted by atomic mass is 9.61. The van der Waals surface area contributed by atoms with Crippen LogP contribution in [0.1, 0.15) is 38.2 Å². The quantitative estimate of drug-likeness (QED) is 0.386. The third-order valence-corrected chi connectivity index (χ3v) is 6.63. The molecule has 2 amide bonds. The van der Waals surface area contributed by atoms with E-state index in [9.17, 15) is 19.5 Å². The van der Waals surface area contributed by atoms with Crippen LogP contribution >= 0.6 is 0 Å². The Morgan fingerprint density at radius 1 is 0.919 bits per heavy atom. The lowest BCUT2D eigenvalue weighted by Gasteiger charge is -2.44. The minimum atomic E-state index is -1.68. The molecule has 4 unspecified atom stereocenters. The Balaban J connectivity index is 1.77. The maximum Gasteiger partial charge on any atom is 0.235 e. The van der Waals surface area contributed by atoms with Crippen LogP contribution in [0.25, 0.3) is 0 Å². The van der Waals surface area contributed by atoms with Gasteiger partial charge in [-0.3, -0.25) is 14.4 Å². The van der Waals surface area contributed by atoms with Crippen LogP contribution in [0.2, 0.25) is 0 Å². The number of aliphatic hydroxyl groups is 1. The molecule has 4 rings (SSSR count). The van der Waals surface area contributed by atoms with Gasteiger partial charge in [0.25, 0.3) is 0 Å². The summed E-state index contributed by atoms with van der Waals surface area (Å²) in [6.07, 6.45) is 0.486. The fraction of sp³-hybridized carbons (Fsp3) is 0.300. The number of rotatable bonds is 8. The molecule has 3 N–H and O–H groups in total. The predicted octanol–water partition coefficient (Wildman–Crippen LogP) is 4.79. The topological polar surface area (TPSA) is 105 Å². The molecule has 0 bridgehead atoms. The standard InChI is InChI=1S/C30H32N2O5/c1-3-17-37-23-16-10-11-20(18-23)25-26(28(34)31-21-12-6-4-7-13-21)24(33)19-30(2,36)27(25)29(35)32-22-14-8-5-9-15-22/h4-16,18,25-27,36H,3,17,19H2,1-2H3,(H,31,34)(H,32,35). The third kappa shape index (κ3) is 6.06. The molecule has 1 aliphatic rings. The molecule has 0 saturated heterocycles. The predicted molar refractivity (Wildman–Crippen MR) is 142 cm³/mol. The van der Waals surface area contributed by atoms with Gasteiger partial charge >= 0.3 is 0 Å². The Hall–Kier alpha value is -3.97. The van der Waals surface area contributed by atoms with Gasteiger partial charge < -0.3 is 20.5 Å². The molecule has 3 aromatic carbocycles. The number of carbonyl (C=O) groups excluding carboxylic acids is 3. The summed E-state index contributed by atoms with van der Waals surface area (Å²) in [5.74, 6) is -4.03. The monoisotopic (exact) mass is 500 g/mol.